The van der Waals surface area contributed by atoms with Gasteiger partial charge in [-0.15, -0.1) is 0 Å². The quantitative estimate of drug-likeness (QED) is 0.384. The number of hydrogen-bond donors (Lipinski definition) is 0. The van der Waals surface area contributed by atoms with Crippen LogP contribution in [0.2, 0.25) is 5.02 Å². The summed E-state index contributed by atoms with van der Waals surface area (Å²) in [4.78, 5) is 34.8. The van der Waals surface area contributed by atoms with Crippen LogP contribution in [0.25, 0.3) is 11.0 Å². The molecule has 1 unspecified atom stereocenters. The molecule has 7 heteroatoms. The minimum absolute atomic E-state index is 0.0167. The maximum absolute atomic E-state index is 13.4. The Hall–Kier alpha value is -3.64. The van der Waals surface area contributed by atoms with Gasteiger partial charge in [-0.25, -0.2) is 4.98 Å². The number of imidazole rings is 1. The van der Waals surface area contributed by atoms with E-state index < -0.39 is 0 Å². The molecular weight excluding hydrogens is 448 g/mol. The van der Waals surface area contributed by atoms with Crippen molar-refractivity contribution in [2.24, 2.45) is 0 Å². The van der Waals surface area contributed by atoms with Gasteiger partial charge in [0, 0.05) is 41.8 Å². The number of benzene rings is 3. The standard InChI is InChI=1S/C27H25ClN4O2/c1-2-30(21-8-4-3-5-9-21)26(34)18-32-24-11-7-6-10-23(24)29-27(32)19-16-25(33)31(17-19)22-14-12-20(28)13-15-22/h3-15,19H,2,16-18H2,1H3. The Morgan fingerprint density at radius 2 is 1.74 bits per heavy atom. The zero-order chi connectivity index (χ0) is 23.7. The second-order valence-electron chi connectivity index (χ2n) is 8.40. The Morgan fingerprint density at radius 1 is 1.03 bits per heavy atom. The maximum Gasteiger partial charge on any atom is 0.246 e. The molecular formula is C27H25ClN4O2. The molecule has 5 rings (SSSR count). The maximum atomic E-state index is 13.4. The van der Waals surface area contributed by atoms with Gasteiger partial charge in [-0.2, -0.15) is 0 Å². The average Bonchev–Trinajstić information content (AvgIpc) is 3.41. The van der Waals surface area contributed by atoms with Crippen LogP contribution in [0, 0.1) is 0 Å². The smallest absolute Gasteiger partial charge is 0.246 e. The number of para-hydroxylation sites is 3. The molecule has 2 amide bonds. The second-order valence-corrected chi connectivity index (χ2v) is 8.84. The molecule has 0 saturated carbocycles. The molecule has 34 heavy (non-hydrogen) atoms. The highest BCUT2D eigenvalue weighted by molar-refractivity contribution is 6.30. The van der Waals surface area contributed by atoms with Gasteiger partial charge in [0.15, 0.2) is 0 Å². The lowest BCUT2D eigenvalue weighted by Gasteiger charge is -2.23. The first-order valence-electron chi connectivity index (χ1n) is 11.4. The lowest BCUT2D eigenvalue weighted by atomic mass is 10.1. The Kier molecular flexibility index (Phi) is 6.07. The first-order valence-corrected chi connectivity index (χ1v) is 11.8. The number of halogens is 1. The van der Waals surface area contributed by atoms with Crippen LogP contribution in [0.3, 0.4) is 0 Å². The minimum atomic E-state index is -0.116. The highest BCUT2D eigenvalue weighted by Crippen LogP contribution is 2.33. The first-order chi connectivity index (χ1) is 16.5. The number of hydrogen-bond acceptors (Lipinski definition) is 3. The van der Waals surface area contributed by atoms with E-state index in [4.69, 9.17) is 16.6 Å². The molecule has 6 nitrogen and oxygen atoms in total. The summed E-state index contributed by atoms with van der Waals surface area (Å²) in [6, 6.07) is 24.8. The van der Waals surface area contributed by atoms with Crippen molar-refractivity contribution < 1.29 is 9.59 Å². The fraction of sp³-hybridized carbons (Fsp3) is 0.222. The lowest BCUT2D eigenvalue weighted by Crippen LogP contribution is -2.34. The molecule has 1 aliphatic heterocycles. The number of rotatable bonds is 6. The molecule has 0 radical (unpaired) electrons. The predicted molar refractivity (Wildman–Crippen MR) is 135 cm³/mol. The van der Waals surface area contributed by atoms with Crippen molar-refractivity contribution >= 4 is 45.8 Å². The number of amides is 2. The Morgan fingerprint density at radius 3 is 2.47 bits per heavy atom. The zero-order valence-electron chi connectivity index (χ0n) is 18.9. The summed E-state index contributed by atoms with van der Waals surface area (Å²) in [5.74, 6) is 0.673. The van der Waals surface area contributed by atoms with E-state index in [9.17, 15) is 9.59 Å². The molecule has 1 saturated heterocycles. The van der Waals surface area contributed by atoms with E-state index in [-0.39, 0.29) is 24.3 Å². The lowest BCUT2D eigenvalue weighted by molar-refractivity contribution is -0.119. The molecule has 1 fully saturated rings. The summed E-state index contributed by atoms with van der Waals surface area (Å²) in [6.45, 7) is 3.20. The molecule has 2 heterocycles. The summed E-state index contributed by atoms with van der Waals surface area (Å²) in [7, 11) is 0. The third-order valence-corrected chi connectivity index (χ3v) is 6.54. The van der Waals surface area contributed by atoms with Crippen molar-refractivity contribution in [3.05, 3.63) is 89.7 Å². The molecule has 3 aromatic carbocycles. The normalized spacial score (nSPS) is 15.8. The fourth-order valence-corrected chi connectivity index (χ4v) is 4.78. The van der Waals surface area contributed by atoms with E-state index in [1.165, 1.54) is 0 Å². The third-order valence-electron chi connectivity index (χ3n) is 6.29. The Bertz CT molecular complexity index is 1330. The van der Waals surface area contributed by atoms with Gasteiger partial charge in [-0.3, -0.25) is 9.59 Å². The highest BCUT2D eigenvalue weighted by Gasteiger charge is 2.35. The summed E-state index contributed by atoms with van der Waals surface area (Å²) >= 11 is 6.02. The number of carbonyl (C=O) groups excluding carboxylic acids is 2. The van der Waals surface area contributed by atoms with E-state index >= 15 is 0 Å². The Balaban J connectivity index is 1.47. The number of likely N-dealkylation sites (N-methyl/N-ethyl adjacent to an activating group) is 1. The summed E-state index contributed by atoms with van der Waals surface area (Å²) in [5.41, 5.74) is 3.40. The van der Waals surface area contributed by atoms with Crippen molar-refractivity contribution in [2.75, 3.05) is 22.9 Å². The highest BCUT2D eigenvalue weighted by atomic mass is 35.5. The van der Waals surface area contributed by atoms with Crippen molar-refractivity contribution in [3.8, 4) is 0 Å². The summed E-state index contributed by atoms with van der Waals surface area (Å²) in [6.07, 6.45) is 0.344. The second kappa shape index (κ2) is 9.31. The topological polar surface area (TPSA) is 58.4 Å². The van der Waals surface area contributed by atoms with E-state index in [2.05, 4.69) is 0 Å². The average molecular weight is 473 g/mol. The molecule has 1 atom stereocenters. The molecule has 1 aromatic heterocycles. The molecule has 4 aromatic rings. The first kappa shape index (κ1) is 22.2. The van der Waals surface area contributed by atoms with E-state index in [1.807, 2.05) is 78.2 Å². The van der Waals surface area contributed by atoms with E-state index in [0.29, 0.717) is 24.5 Å². The van der Waals surface area contributed by atoms with Gasteiger partial charge in [0.05, 0.1) is 11.0 Å². The molecule has 0 aliphatic carbocycles. The zero-order valence-corrected chi connectivity index (χ0v) is 19.7. The van der Waals surface area contributed by atoms with Crippen LogP contribution in [0.5, 0.6) is 0 Å². The monoisotopic (exact) mass is 472 g/mol. The molecule has 0 bridgehead atoms. The molecule has 172 valence electrons. The number of anilines is 2. The number of carbonyl (C=O) groups is 2. The van der Waals surface area contributed by atoms with Gasteiger partial charge in [-0.05, 0) is 55.5 Å². The summed E-state index contributed by atoms with van der Waals surface area (Å²) < 4.78 is 1.98. The summed E-state index contributed by atoms with van der Waals surface area (Å²) in [5, 5.41) is 0.631. The van der Waals surface area contributed by atoms with Gasteiger partial charge < -0.3 is 14.4 Å². The van der Waals surface area contributed by atoms with Crippen LogP contribution in [0.4, 0.5) is 11.4 Å². The van der Waals surface area contributed by atoms with Crippen LogP contribution in [-0.2, 0) is 16.1 Å². The number of aromatic nitrogens is 2. The van der Waals surface area contributed by atoms with Crippen molar-refractivity contribution in [1.82, 2.24) is 9.55 Å². The van der Waals surface area contributed by atoms with Crippen LogP contribution in [0.15, 0.2) is 78.9 Å². The predicted octanol–water partition coefficient (Wildman–Crippen LogP) is 5.26. The number of nitrogens with zero attached hydrogens (tertiary/aromatic N) is 4. The third kappa shape index (κ3) is 4.17. The van der Waals surface area contributed by atoms with E-state index in [0.717, 1.165) is 28.2 Å². The van der Waals surface area contributed by atoms with Crippen LogP contribution >= 0.6 is 11.6 Å². The van der Waals surface area contributed by atoms with Crippen LogP contribution < -0.4 is 9.80 Å². The van der Waals surface area contributed by atoms with Gasteiger partial charge in [0.1, 0.15) is 12.4 Å². The van der Waals surface area contributed by atoms with Crippen LogP contribution in [0.1, 0.15) is 25.1 Å². The van der Waals surface area contributed by atoms with Crippen molar-refractivity contribution in [3.63, 3.8) is 0 Å². The van der Waals surface area contributed by atoms with Gasteiger partial charge in [0.2, 0.25) is 11.8 Å². The fourth-order valence-electron chi connectivity index (χ4n) is 4.65. The van der Waals surface area contributed by atoms with Gasteiger partial charge in [-0.1, -0.05) is 41.9 Å². The van der Waals surface area contributed by atoms with Gasteiger partial charge >= 0.3 is 0 Å². The van der Waals surface area contributed by atoms with Crippen LogP contribution in [-0.4, -0.2) is 34.5 Å². The van der Waals surface area contributed by atoms with Crippen molar-refractivity contribution in [2.45, 2.75) is 25.8 Å². The number of fused-ring (bicyclic) bond motifs is 1. The van der Waals surface area contributed by atoms with Crippen molar-refractivity contribution in [1.29, 1.82) is 0 Å². The van der Waals surface area contributed by atoms with Gasteiger partial charge in [0.25, 0.3) is 0 Å². The minimum Gasteiger partial charge on any atom is -0.318 e. The SMILES string of the molecule is CCN(C(=O)Cn1c(C2CC(=O)N(c3ccc(Cl)cc3)C2)nc2ccccc21)c1ccccc1. The largest absolute Gasteiger partial charge is 0.318 e. The van der Waals surface area contributed by atoms with E-state index in [1.54, 1.807) is 21.9 Å². The Labute approximate surface area is 203 Å². The molecule has 0 N–H and O–H groups in total. The molecule has 1 aliphatic rings. The molecule has 0 spiro atoms.